The van der Waals surface area contributed by atoms with E-state index in [0.29, 0.717) is 18.0 Å². The Morgan fingerprint density at radius 2 is 1.30 bits per heavy atom. The van der Waals surface area contributed by atoms with Crippen LogP contribution in [-0.4, -0.2) is 11.6 Å². The minimum atomic E-state index is -4.11. The van der Waals surface area contributed by atoms with Crippen LogP contribution in [0, 0.1) is 11.8 Å². The number of carbonyl (C=O) groups is 2. The van der Waals surface area contributed by atoms with Crippen LogP contribution >= 0.6 is 0 Å². The molecule has 2 nitrogen and oxygen atoms in total. The number of fused-ring (bicyclic) bond motifs is 10. The van der Waals surface area contributed by atoms with E-state index in [2.05, 4.69) is 24.0 Å². The van der Waals surface area contributed by atoms with Gasteiger partial charge in [-0.2, -0.15) is 0 Å². The first-order valence-corrected chi connectivity index (χ1v) is 17.5. The molecule has 10 aliphatic heterocycles. The van der Waals surface area contributed by atoms with Crippen LogP contribution in [0.5, 0.6) is 0 Å². The average molecular weight is 432 g/mol. The number of benzene rings is 2. The molecular formula is C27H20FeO2. The molecule has 0 N–H and O–H groups in total. The third kappa shape index (κ3) is 0.235. The van der Waals surface area contributed by atoms with Crippen molar-refractivity contribution in [2.24, 2.45) is 0 Å². The van der Waals surface area contributed by atoms with Crippen molar-refractivity contribution in [3.8, 4) is 11.8 Å². The van der Waals surface area contributed by atoms with Crippen LogP contribution < -0.4 is 0 Å². The number of carbonyl (C=O) groups excluding carboxylic acids is 2. The second kappa shape index (κ2) is 1.67. The molecule has 12 rings (SSSR count). The molecule has 0 saturated carbocycles. The van der Waals surface area contributed by atoms with E-state index in [1.54, 1.807) is 0 Å². The summed E-state index contributed by atoms with van der Waals surface area (Å²) in [5, 5.41) is 0. The monoisotopic (exact) mass is 432 g/mol. The van der Waals surface area contributed by atoms with Crippen molar-refractivity contribution in [3.05, 3.63) is 71.8 Å². The Morgan fingerprint density at radius 1 is 0.767 bits per heavy atom. The summed E-state index contributed by atoms with van der Waals surface area (Å²) < 4.78 is 0.0663. The summed E-state index contributed by atoms with van der Waals surface area (Å²) in [5.74, 6) is 7.23. The molecule has 148 valence electrons. The van der Waals surface area contributed by atoms with Crippen molar-refractivity contribution in [1.29, 1.82) is 0 Å². The van der Waals surface area contributed by atoms with Gasteiger partial charge >= 0.3 is 165 Å². The summed E-state index contributed by atoms with van der Waals surface area (Å²) in [6, 6.07) is 20.3. The van der Waals surface area contributed by atoms with Gasteiger partial charge in [-0.25, -0.2) is 0 Å². The maximum absolute atomic E-state index is 14.0. The Morgan fingerprint density at radius 3 is 1.87 bits per heavy atom. The third-order valence-electron chi connectivity index (χ3n) is 17.9. The Kier molecular flexibility index (Phi) is 0.739. The standard InChI is InChI=1S/C14H9O.C13H11O.Fe/c15-14(13-8-4-5-9-13)11-10-12-6-2-1-3-7-12;14-13(12-8-4-5-9-12)10-11-6-2-1-3-7-11;/h1-9H;1-9H,10H2;. The first-order valence-electron chi connectivity index (χ1n) is 11.3. The van der Waals surface area contributed by atoms with Crippen LogP contribution in [0.1, 0.15) is 11.1 Å². The molecule has 2 aromatic rings. The van der Waals surface area contributed by atoms with E-state index in [-0.39, 0.29) is 8.63 Å². The second-order valence-electron chi connectivity index (χ2n) is 13.8. The molecule has 0 amide bonds. The maximum atomic E-state index is 14.0. The van der Waals surface area contributed by atoms with Crippen molar-refractivity contribution in [3.63, 3.8) is 0 Å². The molecule has 10 saturated heterocycles. The normalized spacial score (nSPS) is 74.1. The first-order chi connectivity index (χ1) is 14.4. The second-order valence-corrected chi connectivity index (χ2v) is 37.0. The zero-order chi connectivity index (χ0) is 19.4. The van der Waals surface area contributed by atoms with Gasteiger partial charge in [-0.05, 0) is 0 Å². The minimum absolute atomic E-state index is 0.0114. The van der Waals surface area contributed by atoms with Gasteiger partial charge in [0.25, 0.3) is 0 Å². The van der Waals surface area contributed by atoms with Crippen molar-refractivity contribution in [1.82, 2.24) is 0 Å². The van der Waals surface area contributed by atoms with E-state index in [1.165, 1.54) is 5.56 Å². The van der Waals surface area contributed by atoms with E-state index >= 15 is 0 Å². The van der Waals surface area contributed by atoms with E-state index < -0.39 is 6.51 Å². The molecular weight excluding hydrogens is 412 g/mol. The molecule has 0 aliphatic carbocycles. The molecule has 3 heteroatoms. The summed E-state index contributed by atoms with van der Waals surface area (Å²) in [4.78, 5) is 34.5. The van der Waals surface area contributed by atoms with Gasteiger partial charge in [-0.15, -0.1) is 0 Å². The summed E-state index contributed by atoms with van der Waals surface area (Å²) >= 11 is 0. The average Bonchev–Trinajstić information content (AvgIpc) is 3.72. The van der Waals surface area contributed by atoms with Crippen LogP contribution in [0.25, 0.3) is 0 Å². The zero-order valence-corrected chi connectivity index (χ0v) is 17.4. The first kappa shape index (κ1) is 13.3. The molecule has 10 heterocycles. The van der Waals surface area contributed by atoms with Gasteiger partial charge in [-0.3, -0.25) is 0 Å². The molecule has 1 spiro atoms. The van der Waals surface area contributed by atoms with Crippen molar-refractivity contribution < 1.29 is 16.1 Å². The van der Waals surface area contributed by atoms with E-state index in [9.17, 15) is 9.59 Å². The zero-order valence-electron chi connectivity index (χ0n) is 16.3. The molecule has 30 heavy (non-hydrogen) atoms. The molecule has 0 aromatic heterocycles. The van der Waals surface area contributed by atoms with Crippen LogP contribution in [0.15, 0.2) is 60.7 Å². The van der Waals surface area contributed by atoms with Gasteiger partial charge < -0.3 is 0 Å². The number of Topliss-reactive ketones (excluding diaryl/α,β-unsaturated/α-hetero) is 2. The number of rotatable bonds is 4. The van der Waals surface area contributed by atoms with Crippen LogP contribution in [-0.2, 0) is 22.5 Å². The van der Waals surface area contributed by atoms with Gasteiger partial charge in [0.15, 0.2) is 0 Å². The Hall–Kier alpha value is -2.14. The molecule has 10 aliphatic rings. The number of hydrogen-bond acceptors (Lipinski definition) is 2. The molecule has 0 bridgehead atoms. The fourth-order valence-corrected chi connectivity index (χ4v) is 95.2. The molecule has 10 fully saturated rings. The molecule has 0 radical (unpaired) electrons. The third-order valence-corrected chi connectivity index (χ3v) is 60.6. The van der Waals surface area contributed by atoms with Crippen LogP contribution in [0.2, 0.25) is 47.2 Å². The van der Waals surface area contributed by atoms with Crippen molar-refractivity contribution in [2.45, 2.75) is 53.6 Å². The Labute approximate surface area is 164 Å². The SMILES string of the molecule is O=C(C#Cc1ccccc1)[C]12[CH]3[CH]4[CH]5[CH]1[Fe]45321678[CH]2[CH]1[CH]6[C]7(C(=O)Cc1ccccc1)[CH]28. The van der Waals surface area contributed by atoms with Gasteiger partial charge in [-0.1, -0.05) is 0 Å². The molecule has 8 atom stereocenters. The molecule has 2 aromatic carbocycles. The van der Waals surface area contributed by atoms with E-state index in [1.807, 2.05) is 48.5 Å². The topological polar surface area (TPSA) is 34.1 Å². The number of hydrogen-bond donors (Lipinski definition) is 0. The van der Waals surface area contributed by atoms with Crippen molar-refractivity contribution >= 4 is 11.6 Å². The Bertz CT molecular complexity index is 1810. The summed E-state index contributed by atoms with van der Waals surface area (Å²) in [5.41, 5.74) is 2.11. The summed E-state index contributed by atoms with van der Waals surface area (Å²) in [6.07, 6.45) is 0.609. The predicted octanol–water partition coefficient (Wildman–Crippen LogP) is 5.55. The van der Waals surface area contributed by atoms with Crippen LogP contribution in [0.3, 0.4) is 0 Å². The fourth-order valence-electron chi connectivity index (χ4n) is 19.6. The summed E-state index contributed by atoms with van der Waals surface area (Å²) in [7, 11) is 0. The molecule has 8 unspecified atom stereocenters. The summed E-state index contributed by atoms with van der Waals surface area (Å²) in [6.45, 7) is -4.11. The van der Waals surface area contributed by atoms with E-state index in [4.69, 9.17) is 0 Å². The fraction of sp³-hybridized carbons (Fsp3) is 0.407. The van der Waals surface area contributed by atoms with Gasteiger partial charge in [0.2, 0.25) is 0 Å². The van der Waals surface area contributed by atoms with Crippen molar-refractivity contribution in [2.75, 3.05) is 0 Å². The van der Waals surface area contributed by atoms with Crippen LogP contribution in [0.4, 0.5) is 0 Å². The van der Waals surface area contributed by atoms with E-state index in [0.717, 1.165) is 44.1 Å². The Balaban J connectivity index is 1.08. The van der Waals surface area contributed by atoms with Gasteiger partial charge in [0.05, 0.1) is 0 Å². The quantitative estimate of drug-likeness (QED) is 0.469. The number of ketones is 2. The van der Waals surface area contributed by atoms with Gasteiger partial charge in [0.1, 0.15) is 0 Å². The van der Waals surface area contributed by atoms with Gasteiger partial charge in [0, 0.05) is 0 Å². The predicted molar refractivity (Wildman–Crippen MR) is 109 cm³/mol.